The molecule has 1 heteroatoms. The summed E-state index contributed by atoms with van der Waals surface area (Å²) >= 11 is 0. The van der Waals surface area contributed by atoms with E-state index in [4.69, 9.17) is 0 Å². The summed E-state index contributed by atoms with van der Waals surface area (Å²) in [4.78, 5) is 2.54. The molecule has 1 aliphatic heterocycles. The highest BCUT2D eigenvalue weighted by Gasteiger charge is 2.17. The molecule has 2 aromatic carbocycles. The highest BCUT2D eigenvalue weighted by Crippen LogP contribution is 2.28. The molecular weight excluding hydrogens is 482 g/mol. The van der Waals surface area contributed by atoms with Gasteiger partial charge in [0.05, 0.1) is 0 Å². The average Bonchev–Trinajstić information content (AvgIpc) is 3.01. The normalized spacial score (nSPS) is 14.1. The van der Waals surface area contributed by atoms with E-state index in [-0.39, 0.29) is 0 Å². The van der Waals surface area contributed by atoms with Crippen LogP contribution in [-0.2, 0) is 25.8 Å². The van der Waals surface area contributed by atoms with Gasteiger partial charge in [-0.05, 0) is 92.1 Å². The van der Waals surface area contributed by atoms with E-state index in [1.807, 2.05) is 41.5 Å². The molecule has 0 spiro atoms. The summed E-state index contributed by atoms with van der Waals surface area (Å²) in [6, 6.07) is 15.3. The van der Waals surface area contributed by atoms with E-state index in [0.717, 1.165) is 24.8 Å². The molecule has 0 atom stereocenters. The zero-order valence-corrected chi connectivity index (χ0v) is 29.1. The predicted molar refractivity (Wildman–Crippen MR) is 186 cm³/mol. The Balaban J connectivity index is 0. The summed E-state index contributed by atoms with van der Waals surface area (Å²) in [5.74, 6) is 1.63. The van der Waals surface area contributed by atoms with Crippen LogP contribution in [0, 0.1) is 18.8 Å². The molecule has 4 rings (SSSR count). The first kappa shape index (κ1) is 40.3. The SMILES string of the molecule is C=C(C)C1CCCCC1.CC.CC.CC.CC(C)Cc1ccccc1.CCc1ccc2c(c1C)CN(CC)CC2. The second-order valence-corrected chi connectivity index (χ2v) is 10.7. The molecule has 0 saturated heterocycles. The summed E-state index contributed by atoms with van der Waals surface area (Å²) in [5.41, 5.74) is 9.07. The molecule has 0 N–H and O–H groups in total. The third kappa shape index (κ3) is 16.4. The van der Waals surface area contributed by atoms with Crippen molar-refractivity contribution in [2.75, 3.05) is 13.1 Å². The summed E-state index contributed by atoms with van der Waals surface area (Å²) < 4.78 is 0. The van der Waals surface area contributed by atoms with Crippen LogP contribution in [0.15, 0.2) is 54.6 Å². The second kappa shape index (κ2) is 26.1. The Labute approximate surface area is 252 Å². The Morgan fingerprint density at radius 1 is 0.875 bits per heavy atom. The molecule has 1 fully saturated rings. The zero-order chi connectivity index (χ0) is 30.9. The van der Waals surface area contributed by atoms with E-state index < -0.39 is 0 Å². The zero-order valence-electron chi connectivity index (χ0n) is 29.1. The molecule has 1 saturated carbocycles. The van der Waals surface area contributed by atoms with E-state index in [0.29, 0.717) is 0 Å². The maximum absolute atomic E-state index is 3.98. The lowest BCUT2D eigenvalue weighted by Gasteiger charge is -2.29. The Hall–Kier alpha value is -1.86. The Morgan fingerprint density at radius 3 is 1.90 bits per heavy atom. The molecule has 40 heavy (non-hydrogen) atoms. The van der Waals surface area contributed by atoms with E-state index in [2.05, 4.69) is 95.5 Å². The number of benzene rings is 2. The highest BCUT2D eigenvalue weighted by molar-refractivity contribution is 5.41. The molecule has 0 bridgehead atoms. The first-order valence-corrected chi connectivity index (χ1v) is 16.9. The maximum Gasteiger partial charge on any atom is 0.0239 e. The van der Waals surface area contributed by atoms with Crippen molar-refractivity contribution in [2.24, 2.45) is 11.8 Å². The largest absolute Gasteiger partial charge is 0.299 e. The number of hydrogen-bond acceptors (Lipinski definition) is 1. The monoisotopic (exact) mass is 552 g/mol. The Bertz CT molecular complexity index is 843. The molecule has 0 amide bonds. The van der Waals surface area contributed by atoms with Crippen molar-refractivity contribution in [3.8, 4) is 0 Å². The fourth-order valence-electron chi connectivity index (χ4n) is 5.23. The van der Waals surface area contributed by atoms with Gasteiger partial charge in [-0.15, -0.1) is 0 Å². The minimum Gasteiger partial charge on any atom is -0.299 e. The fourth-order valence-corrected chi connectivity index (χ4v) is 5.23. The topological polar surface area (TPSA) is 3.24 Å². The van der Waals surface area contributed by atoms with Crippen molar-refractivity contribution in [1.82, 2.24) is 4.90 Å². The summed E-state index contributed by atoms with van der Waals surface area (Å²) in [5, 5.41) is 0. The van der Waals surface area contributed by atoms with Gasteiger partial charge in [0.15, 0.2) is 0 Å². The van der Waals surface area contributed by atoms with Crippen molar-refractivity contribution in [2.45, 2.75) is 141 Å². The lowest BCUT2D eigenvalue weighted by Crippen LogP contribution is -2.30. The van der Waals surface area contributed by atoms with Crippen molar-refractivity contribution >= 4 is 0 Å². The van der Waals surface area contributed by atoms with Gasteiger partial charge in [0, 0.05) is 13.1 Å². The summed E-state index contributed by atoms with van der Waals surface area (Å²) in [6.45, 7) is 33.0. The molecule has 0 aromatic heterocycles. The maximum atomic E-state index is 3.98. The third-order valence-electron chi connectivity index (χ3n) is 7.50. The van der Waals surface area contributed by atoms with Crippen molar-refractivity contribution in [3.05, 3.63) is 82.4 Å². The van der Waals surface area contributed by atoms with Crippen molar-refractivity contribution in [3.63, 3.8) is 0 Å². The molecule has 1 nitrogen and oxygen atoms in total. The van der Waals surface area contributed by atoms with Crippen LogP contribution in [0.5, 0.6) is 0 Å². The first-order chi connectivity index (χ1) is 19.3. The lowest BCUT2D eigenvalue weighted by atomic mass is 9.85. The Morgan fingerprint density at radius 2 is 1.45 bits per heavy atom. The number of allylic oxidation sites excluding steroid dienone is 1. The Kier molecular flexibility index (Phi) is 26.2. The van der Waals surface area contributed by atoms with Gasteiger partial charge in [0.2, 0.25) is 0 Å². The van der Waals surface area contributed by atoms with Crippen LogP contribution in [-0.4, -0.2) is 18.0 Å². The molecule has 0 radical (unpaired) electrons. The standard InChI is InChI=1S/C14H21N.C10H14.C9H16.3C2H6/c1-4-12-6-7-13-8-9-15(5-2)10-14(13)11(12)3;1-9(2)8-10-6-4-3-5-7-10;1-8(2)9-6-4-3-5-7-9;3*1-2/h6-7H,4-5,8-10H2,1-3H3;3-7,9H,8H2,1-2H3;9H,1,3-7H2,2H3;3*1-2H3. The quantitative estimate of drug-likeness (QED) is 0.334. The van der Waals surface area contributed by atoms with E-state index in [1.165, 1.54) is 80.3 Å². The number of rotatable bonds is 5. The molecule has 2 aromatic rings. The minimum atomic E-state index is 0.766. The summed E-state index contributed by atoms with van der Waals surface area (Å²) in [7, 11) is 0. The van der Waals surface area contributed by atoms with Gasteiger partial charge in [-0.3, -0.25) is 4.90 Å². The van der Waals surface area contributed by atoms with E-state index >= 15 is 0 Å². The van der Waals surface area contributed by atoms with Gasteiger partial charge in [-0.2, -0.15) is 0 Å². The number of nitrogens with zero attached hydrogens (tertiary/aromatic N) is 1. The number of likely N-dealkylation sites (N-methyl/N-ethyl adjacent to an activating group) is 1. The van der Waals surface area contributed by atoms with Gasteiger partial charge < -0.3 is 0 Å². The summed E-state index contributed by atoms with van der Waals surface area (Å²) in [6.07, 6.45) is 10.7. The van der Waals surface area contributed by atoms with Crippen LogP contribution >= 0.6 is 0 Å². The minimum absolute atomic E-state index is 0.766. The van der Waals surface area contributed by atoms with Crippen LogP contribution in [0.1, 0.15) is 136 Å². The van der Waals surface area contributed by atoms with Gasteiger partial charge in [0.1, 0.15) is 0 Å². The first-order valence-electron chi connectivity index (χ1n) is 16.9. The van der Waals surface area contributed by atoms with Gasteiger partial charge >= 0.3 is 0 Å². The van der Waals surface area contributed by atoms with Crippen molar-refractivity contribution in [1.29, 1.82) is 0 Å². The molecule has 2 aliphatic rings. The van der Waals surface area contributed by atoms with Crippen molar-refractivity contribution < 1.29 is 0 Å². The molecule has 1 aliphatic carbocycles. The van der Waals surface area contributed by atoms with Crippen LogP contribution in [0.3, 0.4) is 0 Å². The van der Waals surface area contributed by atoms with E-state index in [9.17, 15) is 0 Å². The van der Waals surface area contributed by atoms with E-state index in [1.54, 1.807) is 11.1 Å². The second-order valence-electron chi connectivity index (χ2n) is 10.7. The van der Waals surface area contributed by atoms with Gasteiger partial charge in [-0.25, -0.2) is 0 Å². The highest BCUT2D eigenvalue weighted by atomic mass is 15.1. The molecular formula is C39H69N. The number of fused-ring (bicyclic) bond motifs is 1. The smallest absolute Gasteiger partial charge is 0.0239 e. The van der Waals surface area contributed by atoms with Crippen LogP contribution in [0.4, 0.5) is 0 Å². The fraction of sp³-hybridized carbons (Fsp3) is 0.641. The number of aryl methyl sites for hydroxylation is 1. The molecule has 1 heterocycles. The van der Waals surface area contributed by atoms with Crippen LogP contribution < -0.4 is 0 Å². The predicted octanol–water partition coefficient (Wildman–Crippen LogP) is 12.0. The van der Waals surface area contributed by atoms with Crippen LogP contribution in [0.25, 0.3) is 0 Å². The lowest BCUT2D eigenvalue weighted by molar-refractivity contribution is 0.267. The number of hydrogen-bond donors (Lipinski definition) is 0. The average molecular weight is 552 g/mol. The molecule has 230 valence electrons. The van der Waals surface area contributed by atoms with Gasteiger partial charge in [0.25, 0.3) is 0 Å². The third-order valence-corrected chi connectivity index (χ3v) is 7.50. The van der Waals surface area contributed by atoms with Gasteiger partial charge in [-0.1, -0.05) is 143 Å². The molecule has 0 unspecified atom stereocenters. The van der Waals surface area contributed by atoms with Crippen LogP contribution in [0.2, 0.25) is 0 Å².